The van der Waals surface area contributed by atoms with Crippen LogP contribution >= 0.6 is 0 Å². The van der Waals surface area contributed by atoms with Gasteiger partial charge in [-0.25, -0.2) is 9.82 Å². The largest absolute Gasteiger partial charge is 0.507 e. The van der Waals surface area contributed by atoms with Crippen molar-refractivity contribution in [3.8, 4) is 16.9 Å². The van der Waals surface area contributed by atoms with E-state index in [0.29, 0.717) is 17.7 Å². The number of fused-ring (bicyclic) bond motifs is 1. The van der Waals surface area contributed by atoms with Crippen LogP contribution in [0.15, 0.2) is 76.2 Å². The molecule has 1 heterocycles. The molecule has 1 amide bonds. The molecule has 4 rings (SSSR count). The number of amides is 1. The number of hydrazone groups is 1. The summed E-state index contributed by atoms with van der Waals surface area (Å²) in [5, 5.41) is 15.4. The van der Waals surface area contributed by atoms with Crippen molar-refractivity contribution in [3.05, 3.63) is 89.4 Å². The summed E-state index contributed by atoms with van der Waals surface area (Å²) in [6.07, 6.45) is 0.456. The number of benzene rings is 3. The minimum Gasteiger partial charge on any atom is -0.507 e. The van der Waals surface area contributed by atoms with Crippen LogP contribution in [0.2, 0.25) is 0 Å². The topological polar surface area (TPSA) is 74.8 Å². The van der Waals surface area contributed by atoms with Crippen LogP contribution < -0.4 is 5.43 Å². The summed E-state index contributed by atoms with van der Waals surface area (Å²) in [5.74, 6) is -0.200. The Hall–Kier alpha value is -3.93. The van der Waals surface area contributed by atoms with Gasteiger partial charge in [0.05, 0.1) is 5.56 Å². The molecule has 0 aliphatic rings. The fraction of sp³-hybridized carbons (Fsp3) is 0.120. The van der Waals surface area contributed by atoms with Crippen LogP contribution in [-0.2, 0) is 6.42 Å². The highest BCUT2D eigenvalue weighted by molar-refractivity contribution is 5.95. The van der Waals surface area contributed by atoms with E-state index >= 15 is 0 Å². The highest BCUT2D eigenvalue weighted by atomic mass is 19.1. The van der Waals surface area contributed by atoms with Gasteiger partial charge < -0.3 is 9.52 Å². The van der Waals surface area contributed by atoms with Crippen LogP contribution in [0.25, 0.3) is 22.1 Å². The first-order valence-corrected chi connectivity index (χ1v) is 9.81. The summed E-state index contributed by atoms with van der Waals surface area (Å²) in [5.41, 5.74) is 6.25. The number of nitrogens with zero attached hydrogens (tertiary/aromatic N) is 1. The van der Waals surface area contributed by atoms with E-state index in [-0.39, 0.29) is 11.3 Å². The number of carbonyl (C=O) groups is 1. The molecule has 3 aromatic carbocycles. The van der Waals surface area contributed by atoms with Crippen molar-refractivity contribution >= 4 is 22.6 Å². The standard InChI is InChI=1S/C25H21FN2O3/c1-15(27-28-25(30)20-5-3-4-6-22(20)26)11-17-7-9-23(29)21(13-17)18-8-10-24-19(14-18)12-16(2)31-24/h3-10,12-14,29H,11H2,1-2H3,(H,28,30). The molecule has 0 aliphatic carbocycles. The third kappa shape index (κ3) is 4.48. The summed E-state index contributed by atoms with van der Waals surface area (Å²) in [4.78, 5) is 12.1. The van der Waals surface area contributed by atoms with E-state index < -0.39 is 11.7 Å². The molecule has 5 nitrogen and oxygen atoms in total. The van der Waals surface area contributed by atoms with Crippen LogP contribution in [0.3, 0.4) is 0 Å². The van der Waals surface area contributed by atoms with Gasteiger partial charge in [-0.2, -0.15) is 5.10 Å². The molecule has 4 aromatic rings. The molecule has 0 saturated heterocycles. The SMILES string of the molecule is CC(Cc1ccc(O)c(-c2ccc3oc(C)cc3c2)c1)=NNC(=O)c1ccccc1F. The zero-order valence-corrected chi connectivity index (χ0v) is 17.1. The number of aromatic hydroxyl groups is 1. The molecule has 1 aromatic heterocycles. The lowest BCUT2D eigenvalue weighted by Crippen LogP contribution is -2.20. The molecule has 0 saturated carbocycles. The van der Waals surface area contributed by atoms with E-state index in [2.05, 4.69) is 10.5 Å². The number of halogens is 1. The Labute approximate surface area is 178 Å². The van der Waals surface area contributed by atoms with Crippen molar-refractivity contribution in [2.75, 3.05) is 0 Å². The van der Waals surface area contributed by atoms with E-state index in [4.69, 9.17) is 4.42 Å². The number of nitrogens with one attached hydrogen (secondary N) is 1. The Kier molecular flexibility index (Phi) is 5.54. The summed E-state index contributed by atoms with van der Waals surface area (Å²) >= 11 is 0. The van der Waals surface area contributed by atoms with Crippen molar-refractivity contribution < 1.29 is 18.7 Å². The Morgan fingerprint density at radius 1 is 1.10 bits per heavy atom. The summed E-state index contributed by atoms with van der Waals surface area (Å²) in [6.45, 7) is 3.67. The monoisotopic (exact) mass is 416 g/mol. The number of aryl methyl sites for hydroxylation is 1. The molecule has 0 radical (unpaired) electrons. The molecule has 0 fully saturated rings. The van der Waals surface area contributed by atoms with Gasteiger partial charge >= 0.3 is 0 Å². The van der Waals surface area contributed by atoms with Crippen LogP contribution in [-0.4, -0.2) is 16.7 Å². The maximum atomic E-state index is 13.7. The fourth-order valence-electron chi connectivity index (χ4n) is 3.45. The zero-order valence-electron chi connectivity index (χ0n) is 17.1. The highest BCUT2D eigenvalue weighted by Gasteiger charge is 2.11. The predicted octanol–water partition coefficient (Wildman–Crippen LogP) is 5.60. The number of hydrogen-bond donors (Lipinski definition) is 2. The number of rotatable bonds is 5. The molecule has 0 atom stereocenters. The third-order valence-electron chi connectivity index (χ3n) is 4.94. The van der Waals surface area contributed by atoms with Gasteiger partial charge in [-0.3, -0.25) is 4.79 Å². The molecule has 31 heavy (non-hydrogen) atoms. The average Bonchev–Trinajstić information content (AvgIpc) is 3.13. The molecule has 0 bridgehead atoms. The molecule has 2 N–H and O–H groups in total. The van der Waals surface area contributed by atoms with Gasteiger partial charge in [0.1, 0.15) is 22.9 Å². The minimum atomic E-state index is -0.604. The van der Waals surface area contributed by atoms with E-state index in [1.165, 1.54) is 18.2 Å². The van der Waals surface area contributed by atoms with Crippen LogP contribution in [0.1, 0.15) is 28.6 Å². The summed E-state index contributed by atoms with van der Waals surface area (Å²) in [6, 6.07) is 18.8. The number of carbonyl (C=O) groups excluding carboxylic acids is 1. The number of phenolic OH excluding ortho intramolecular Hbond substituents is 1. The van der Waals surface area contributed by atoms with Gasteiger partial charge in [-0.05, 0) is 67.4 Å². The highest BCUT2D eigenvalue weighted by Crippen LogP contribution is 2.33. The average molecular weight is 416 g/mol. The minimum absolute atomic E-state index is 0.0594. The van der Waals surface area contributed by atoms with Crippen molar-refractivity contribution in [2.24, 2.45) is 5.10 Å². The second-order valence-corrected chi connectivity index (χ2v) is 7.41. The fourth-order valence-corrected chi connectivity index (χ4v) is 3.45. The Morgan fingerprint density at radius 3 is 2.71 bits per heavy atom. The summed E-state index contributed by atoms with van der Waals surface area (Å²) < 4.78 is 19.3. The first-order valence-electron chi connectivity index (χ1n) is 9.81. The van der Waals surface area contributed by atoms with Crippen molar-refractivity contribution in [1.82, 2.24) is 5.43 Å². The molecular weight excluding hydrogens is 395 g/mol. The predicted molar refractivity (Wildman–Crippen MR) is 119 cm³/mol. The van der Waals surface area contributed by atoms with E-state index in [1.54, 1.807) is 25.1 Å². The van der Waals surface area contributed by atoms with Crippen molar-refractivity contribution in [1.29, 1.82) is 0 Å². The molecule has 156 valence electrons. The van der Waals surface area contributed by atoms with Crippen LogP contribution in [0.5, 0.6) is 5.75 Å². The maximum absolute atomic E-state index is 13.7. The summed E-state index contributed by atoms with van der Waals surface area (Å²) in [7, 11) is 0. The van der Waals surface area contributed by atoms with E-state index in [9.17, 15) is 14.3 Å². The lowest BCUT2D eigenvalue weighted by Gasteiger charge is -2.09. The Balaban J connectivity index is 1.53. The van der Waals surface area contributed by atoms with Crippen molar-refractivity contribution in [2.45, 2.75) is 20.3 Å². The van der Waals surface area contributed by atoms with Crippen molar-refractivity contribution in [3.63, 3.8) is 0 Å². The second-order valence-electron chi connectivity index (χ2n) is 7.41. The number of hydrogen-bond acceptors (Lipinski definition) is 4. The smallest absolute Gasteiger partial charge is 0.274 e. The van der Waals surface area contributed by atoms with Crippen LogP contribution in [0.4, 0.5) is 4.39 Å². The lowest BCUT2D eigenvalue weighted by atomic mass is 9.99. The molecule has 0 unspecified atom stereocenters. The molecule has 0 spiro atoms. The van der Waals surface area contributed by atoms with Crippen LogP contribution in [0, 0.1) is 12.7 Å². The van der Waals surface area contributed by atoms with Gasteiger partial charge in [-0.15, -0.1) is 0 Å². The lowest BCUT2D eigenvalue weighted by molar-refractivity contribution is 0.0950. The quantitative estimate of drug-likeness (QED) is 0.328. The van der Waals surface area contributed by atoms with Gasteiger partial charge in [-0.1, -0.05) is 24.3 Å². The third-order valence-corrected chi connectivity index (χ3v) is 4.94. The van der Waals surface area contributed by atoms with Gasteiger partial charge in [0, 0.05) is 23.1 Å². The second kappa shape index (κ2) is 8.44. The molecule has 6 heteroatoms. The Bertz CT molecular complexity index is 1310. The zero-order chi connectivity index (χ0) is 22.0. The van der Waals surface area contributed by atoms with E-state index in [1.807, 2.05) is 37.3 Å². The first-order chi connectivity index (χ1) is 14.9. The van der Waals surface area contributed by atoms with Gasteiger partial charge in [0.25, 0.3) is 5.91 Å². The number of phenols is 1. The van der Waals surface area contributed by atoms with E-state index in [0.717, 1.165) is 27.9 Å². The first kappa shape index (κ1) is 20.3. The maximum Gasteiger partial charge on any atom is 0.274 e. The van der Waals surface area contributed by atoms with Gasteiger partial charge in [0.2, 0.25) is 0 Å². The molecule has 0 aliphatic heterocycles. The normalized spacial score (nSPS) is 11.6. The van der Waals surface area contributed by atoms with Gasteiger partial charge in [0.15, 0.2) is 0 Å². The molecular formula is C25H21FN2O3. The number of furan rings is 1. The Morgan fingerprint density at radius 2 is 1.90 bits per heavy atom.